The van der Waals surface area contributed by atoms with Crippen molar-refractivity contribution >= 4 is 21.8 Å². The highest BCUT2D eigenvalue weighted by atomic mass is 32.2. The number of hydrogen-bond donors (Lipinski definition) is 1. The quantitative estimate of drug-likeness (QED) is 0.412. The Kier molecular flexibility index (Phi) is 8.65. The molecule has 1 aliphatic heterocycles. The van der Waals surface area contributed by atoms with Gasteiger partial charge in [-0.1, -0.05) is 26.7 Å². The molecule has 0 saturated heterocycles. The number of imidazole rings is 1. The maximum atomic E-state index is 13.1. The summed E-state index contributed by atoms with van der Waals surface area (Å²) in [6.45, 7) is 7.92. The van der Waals surface area contributed by atoms with Gasteiger partial charge < -0.3 is 19.4 Å². The van der Waals surface area contributed by atoms with Gasteiger partial charge in [0.2, 0.25) is 15.0 Å². The number of sulfone groups is 1. The van der Waals surface area contributed by atoms with Crippen LogP contribution in [0.5, 0.6) is 0 Å². The summed E-state index contributed by atoms with van der Waals surface area (Å²) >= 11 is 0. The van der Waals surface area contributed by atoms with Crippen LogP contribution >= 0.6 is 0 Å². The Hall–Kier alpha value is -2.62. The third kappa shape index (κ3) is 5.59. The minimum atomic E-state index is -3.62. The molecule has 32 heavy (non-hydrogen) atoms. The van der Waals surface area contributed by atoms with Crippen LogP contribution in [-0.4, -0.2) is 49.4 Å². The Morgan fingerprint density at radius 3 is 1.88 bits per heavy atom. The largest absolute Gasteiger partial charge is 0.462 e. The lowest BCUT2D eigenvalue weighted by Gasteiger charge is -2.30. The van der Waals surface area contributed by atoms with Crippen LogP contribution in [0.1, 0.15) is 65.0 Å². The summed E-state index contributed by atoms with van der Waals surface area (Å²) in [6, 6.07) is 0. The monoisotopic (exact) mass is 467 g/mol. The van der Waals surface area contributed by atoms with Crippen molar-refractivity contribution in [3.05, 3.63) is 34.4 Å². The molecule has 2 heterocycles. The highest BCUT2D eigenvalue weighted by Gasteiger charge is 2.40. The summed E-state index contributed by atoms with van der Waals surface area (Å²) < 4.78 is 36.6. The first-order valence-electron chi connectivity index (χ1n) is 10.8. The van der Waals surface area contributed by atoms with Crippen LogP contribution in [0.3, 0.4) is 0 Å². The third-order valence-corrected chi connectivity index (χ3v) is 6.31. The lowest BCUT2D eigenvalue weighted by Crippen LogP contribution is -2.33. The van der Waals surface area contributed by atoms with Gasteiger partial charge in [-0.3, -0.25) is 0 Å². The molecule has 2 rings (SSSR count). The first-order chi connectivity index (χ1) is 15.0. The molecule has 0 fully saturated rings. The number of dihydropyridines is 1. The van der Waals surface area contributed by atoms with E-state index < -0.39 is 27.7 Å². The molecule has 1 aliphatic rings. The van der Waals surface area contributed by atoms with E-state index in [4.69, 9.17) is 9.47 Å². The van der Waals surface area contributed by atoms with E-state index >= 15 is 0 Å². The summed E-state index contributed by atoms with van der Waals surface area (Å²) in [4.78, 5) is 30.2. The van der Waals surface area contributed by atoms with Gasteiger partial charge in [0.1, 0.15) is 0 Å². The van der Waals surface area contributed by atoms with Gasteiger partial charge in [-0.05, 0) is 26.7 Å². The van der Waals surface area contributed by atoms with E-state index in [1.807, 2.05) is 13.8 Å². The Bertz CT molecular complexity index is 992. The van der Waals surface area contributed by atoms with Crippen molar-refractivity contribution in [2.24, 2.45) is 7.05 Å². The normalized spacial score (nSPS) is 15.1. The van der Waals surface area contributed by atoms with Gasteiger partial charge in [0, 0.05) is 24.7 Å². The molecule has 10 heteroatoms. The molecule has 0 bridgehead atoms. The zero-order valence-corrected chi connectivity index (χ0v) is 20.5. The molecule has 178 valence electrons. The average molecular weight is 468 g/mol. The summed E-state index contributed by atoms with van der Waals surface area (Å²) in [7, 11) is -2.07. The maximum Gasteiger partial charge on any atom is 0.336 e. The Labute approximate surface area is 189 Å². The number of esters is 2. The first kappa shape index (κ1) is 25.6. The lowest BCUT2D eigenvalue weighted by atomic mass is 9.83. The molecule has 0 saturated carbocycles. The average Bonchev–Trinajstić information content (AvgIpc) is 3.09. The molecule has 0 unspecified atom stereocenters. The number of nitrogens with zero attached hydrogens (tertiary/aromatic N) is 2. The van der Waals surface area contributed by atoms with Crippen molar-refractivity contribution in [1.29, 1.82) is 0 Å². The van der Waals surface area contributed by atoms with Gasteiger partial charge in [-0.25, -0.2) is 23.0 Å². The van der Waals surface area contributed by atoms with Crippen LogP contribution in [0.4, 0.5) is 0 Å². The van der Waals surface area contributed by atoms with Crippen LogP contribution in [0, 0.1) is 0 Å². The number of rotatable bonds is 10. The summed E-state index contributed by atoms with van der Waals surface area (Å²) in [6.07, 6.45) is 5.58. The van der Waals surface area contributed by atoms with Gasteiger partial charge >= 0.3 is 11.9 Å². The fraction of sp³-hybridized carbons (Fsp3) is 0.591. The van der Waals surface area contributed by atoms with Crippen molar-refractivity contribution in [2.45, 2.75) is 64.5 Å². The fourth-order valence-electron chi connectivity index (χ4n) is 3.62. The fourth-order valence-corrected chi connectivity index (χ4v) is 4.47. The number of allylic oxidation sites excluding steroid dienone is 2. The highest BCUT2D eigenvalue weighted by molar-refractivity contribution is 7.90. The van der Waals surface area contributed by atoms with Gasteiger partial charge in [0.25, 0.3) is 0 Å². The molecule has 1 aromatic heterocycles. The van der Waals surface area contributed by atoms with E-state index in [9.17, 15) is 18.0 Å². The van der Waals surface area contributed by atoms with Crippen LogP contribution in [-0.2, 0) is 35.9 Å². The number of aromatic nitrogens is 2. The molecule has 0 aromatic carbocycles. The minimum absolute atomic E-state index is 0.154. The van der Waals surface area contributed by atoms with Crippen molar-refractivity contribution in [3.63, 3.8) is 0 Å². The number of carbonyl (C=O) groups excluding carboxylic acids is 2. The van der Waals surface area contributed by atoms with Crippen molar-refractivity contribution in [3.8, 4) is 0 Å². The van der Waals surface area contributed by atoms with E-state index in [0.717, 1.165) is 19.1 Å². The molecule has 0 atom stereocenters. The third-order valence-electron chi connectivity index (χ3n) is 5.27. The van der Waals surface area contributed by atoms with Crippen LogP contribution in [0.25, 0.3) is 0 Å². The number of carbonyl (C=O) groups is 2. The zero-order chi connectivity index (χ0) is 24.1. The number of ether oxygens (including phenoxy) is 2. The molecular formula is C22H33N3O6S. The molecule has 1 N–H and O–H groups in total. The number of nitrogens with one attached hydrogen (secondary N) is 1. The molecule has 9 nitrogen and oxygen atoms in total. The lowest BCUT2D eigenvalue weighted by molar-refractivity contribution is -0.140. The SMILES string of the molecule is CCCCOC(=O)C1=C(C)NC(C)=C(C(=O)OCCCC)C1c1cnc(S(C)(=O)=O)n1C. The Morgan fingerprint density at radius 2 is 1.50 bits per heavy atom. The Morgan fingerprint density at radius 1 is 1.03 bits per heavy atom. The van der Waals surface area contributed by atoms with Crippen LogP contribution < -0.4 is 5.32 Å². The van der Waals surface area contributed by atoms with Crippen molar-refractivity contribution < 1.29 is 27.5 Å². The van der Waals surface area contributed by atoms with E-state index in [0.29, 0.717) is 29.9 Å². The smallest absolute Gasteiger partial charge is 0.336 e. The van der Waals surface area contributed by atoms with Crippen LogP contribution in [0.2, 0.25) is 0 Å². The molecule has 0 radical (unpaired) electrons. The summed E-state index contributed by atoms with van der Waals surface area (Å²) in [5, 5.41) is 2.93. The highest BCUT2D eigenvalue weighted by Crippen LogP contribution is 2.39. The number of hydrogen-bond acceptors (Lipinski definition) is 8. The summed E-state index contributed by atoms with van der Waals surface area (Å²) in [5.41, 5.74) is 1.91. The standard InChI is InChI=1S/C22H33N3O6S/c1-7-9-11-30-20(26)17-14(3)24-15(4)18(21(27)31-12-10-8-2)19(17)16-13-23-22(25(16)5)32(6,28)29/h13,19,24H,7-12H2,1-6H3. The van der Waals surface area contributed by atoms with Crippen molar-refractivity contribution in [2.75, 3.05) is 19.5 Å². The van der Waals surface area contributed by atoms with Gasteiger partial charge in [0.15, 0.2) is 0 Å². The summed E-state index contributed by atoms with van der Waals surface area (Å²) in [5.74, 6) is -2.02. The van der Waals surface area contributed by atoms with E-state index in [2.05, 4.69) is 10.3 Å². The van der Waals surface area contributed by atoms with Gasteiger partial charge in [-0.15, -0.1) is 0 Å². The van der Waals surface area contributed by atoms with Crippen LogP contribution in [0.15, 0.2) is 33.9 Å². The second kappa shape index (κ2) is 10.8. The Balaban J connectivity index is 2.61. The molecule has 0 spiro atoms. The molecule has 0 aliphatic carbocycles. The van der Waals surface area contributed by atoms with E-state index in [1.165, 1.54) is 10.8 Å². The zero-order valence-electron chi connectivity index (χ0n) is 19.6. The minimum Gasteiger partial charge on any atom is -0.462 e. The number of unbranched alkanes of at least 4 members (excludes halogenated alkanes) is 2. The molecule has 0 amide bonds. The van der Waals surface area contributed by atoms with E-state index in [1.54, 1.807) is 20.9 Å². The van der Waals surface area contributed by atoms with E-state index in [-0.39, 0.29) is 29.5 Å². The predicted octanol–water partition coefficient (Wildman–Crippen LogP) is 2.75. The first-order valence-corrected chi connectivity index (χ1v) is 12.7. The van der Waals surface area contributed by atoms with Gasteiger partial charge in [0.05, 0.1) is 42.2 Å². The van der Waals surface area contributed by atoms with Crippen molar-refractivity contribution in [1.82, 2.24) is 14.9 Å². The van der Waals surface area contributed by atoms with Gasteiger partial charge in [-0.2, -0.15) is 0 Å². The second-order valence-electron chi connectivity index (χ2n) is 7.91. The predicted molar refractivity (Wildman–Crippen MR) is 119 cm³/mol. The molecule has 1 aromatic rings. The molecular weight excluding hydrogens is 434 g/mol. The maximum absolute atomic E-state index is 13.1. The second-order valence-corrected chi connectivity index (χ2v) is 9.82. The topological polar surface area (TPSA) is 117 Å².